The second-order valence-corrected chi connectivity index (χ2v) is 14.3. The molecule has 0 bridgehead atoms. The largest absolute Gasteiger partial charge is 0.508 e. The van der Waals surface area contributed by atoms with E-state index in [1.54, 1.807) is 0 Å². The first-order valence-electron chi connectivity index (χ1n) is 14.0. The van der Waals surface area contributed by atoms with E-state index < -0.39 is 11.4 Å². The molecule has 1 heterocycles. The maximum absolute atomic E-state index is 12.7. The standard InChI is InChI=1S/C30H42O5/c1-26(2)16-34-30(35-17-26)11-10-28-13-18-12-19(31)4-5-20(18)22-14-27(3)23(6-7-24(27)32)21(25(22)28)8-9-29(28,33)15-30/h4-5,12,21-25,31-33H,6-11,13-17H2,1-3H3/t21-,22?,23-,24-,25?,27-,28-,29+/m0/s1. The van der Waals surface area contributed by atoms with Crippen LogP contribution in [0.2, 0.25) is 0 Å². The van der Waals surface area contributed by atoms with Gasteiger partial charge >= 0.3 is 0 Å². The Labute approximate surface area is 209 Å². The summed E-state index contributed by atoms with van der Waals surface area (Å²) >= 11 is 0. The van der Waals surface area contributed by atoms with Crippen molar-refractivity contribution in [2.24, 2.45) is 34.0 Å². The van der Waals surface area contributed by atoms with Crippen LogP contribution in [0.4, 0.5) is 0 Å². The minimum absolute atomic E-state index is 0.00417. The molecule has 3 N–H and O–H groups in total. The van der Waals surface area contributed by atoms with Crippen molar-refractivity contribution in [3.8, 4) is 5.75 Å². The Kier molecular flexibility index (Phi) is 4.62. The predicted molar refractivity (Wildman–Crippen MR) is 132 cm³/mol. The first-order valence-corrected chi connectivity index (χ1v) is 14.0. The van der Waals surface area contributed by atoms with Gasteiger partial charge in [-0.15, -0.1) is 0 Å². The van der Waals surface area contributed by atoms with E-state index in [4.69, 9.17) is 9.47 Å². The van der Waals surface area contributed by atoms with E-state index in [0.717, 1.165) is 51.4 Å². The van der Waals surface area contributed by atoms with Gasteiger partial charge in [0.05, 0.1) is 24.9 Å². The van der Waals surface area contributed by atoms with Gasteiger partial charge in [-0.05, 0) is 97.3 Å². The van der Waals surface area contributed by atoms with Crippen LogP contribution < -0.4 is 0 Å². The van der Waals surface area contributed by atoms with Crippen LogP contribution in [0.25, 0.3) is 0 Å². The van der Waals surface area contributed by atoms with Crippen molar-refractivity contribution < 1.29 is 24.8 Å². The van der Waals surface area contributed by atoms with Crippen LogP contribution in [0.5, 0.6) is 5.75 Å². The number of ether oxygens (including phenoxy) is 2. The molecule has 0 amide bonds. The Morgan fingerprint density at radius 2 is 1.74 bits per heavy atom. The molecule has 2 spiro atoms. The van der Waals surface area contributed by atoms with Gasteiger partial charge in [0.2, 0.25) is 0 Å². The molecule has 5 nitrogen and oxygen atoms in total. The summed E-state index contributed by atoms with van der Waals surface area (Å²) in [6.07, 6.45) is 7.60. The number of rotatable bonds is 0. The molecule has 8 atom stereocenters. The number of aromatic hydroxyl groups is 1. The zero-order valence-electron chi connectivity index (χ0n) is 21.6. The molecule has 5 aliphatic carbocycles. The summed E-state index contributed by atoms with van der Waals surface area (Å²) in [5.41, 5.74) is 1.40. The summed E-state index contributed by atoms with van der Waals surface area (Å²) < 4.78 is 12.9. The summed E-state index contributed by atoms with van der Waals surface area (Å²) in [5, 5.41) is 34.2. The highest BCUT2D eigenvalue weighted by atomic mass is 16.7. The zero-order valence-corrected chi connectivity index (χ0v) is 21.6. The summed E-state index contributed by atoms with van der Waals surface area (Å²) in [5.74, 6) is 1.40. The minimum Gasteiger partial charge on any atom is -0.508 e. The van der Waals surface area contributed by atoms with Crippen molar-refractivity contribution in [2.75, 3.05) is 13.2 Å². The van der Waals surface area contributed by atoms with Crippen molar-refractivity contribution in [1.82, 2.24) is 0 Å². The van der Waals surface area contributed by atoms with Crippen LogP contribution in [0.1, 0.15) is 89.2 Å². The molecular formula is C30H42O5. The fraction of sp³-hybridized carbons (Fsp3) is 0.800. The lowest BCUT2D eigenvalue weighted by Crippen LogP contribution is -2.70. The Morgan fingerprint density at radius 1 is 0.971 bits per heavy atom. The molecule has 7 rings (SSSR count). The third-order valence-electron chi connectivity index (χ3n) is 11.9. The van der Waals surface area contributed by atoms with E-state index >= 15 is 0 Å². The molecule has 1 aliphatic heterocycles. The van der Waals surface area contributed by atoms with E-state index in [-0.39, 0.29) is 22.3 Å². The molecule has 192 valence electrons. The van der Waals surface area contributed by atoms with Crippen molar-refractivity contribution >= 4 is 0 Å². The summed E-state index contributed by atoms with van der Waals surface area (Å²) in [4.78, 5) is 0. The van der Waals surface area contributed by atoms with Gasteiger partial charge < -0.3 is 24.8 Å². The molecule has 35 heavy (non-hydrogen) atoms. The average Bonchev–Trinajstić information content (AvgIpc) is 3.10. The smallest absolute Gasteiger partial charge is 0.171 e. The molecule has 1 saturated heterocycles. The van der Waals surface area contributed by atoms with Crippen LogP contribution in [-0.2, 0) is 15.9 Å². The molecule has 5 heteroatoms. The van der Waals surface area contributed by atoms with Crippen LogP contribution in [-0.4, -0.2) is 46.0 Å². The van der Waals surface area contributed by atoms with Gasteiger partial charge in [0.1, 0.15) is 5.75 Å². The predicted octanol–water partition coefficient (Wildman–Crippen LogP) is 4.91. The Morgan fingerprint density at radius 3 is 2.51 bits per heavy atom. The van der Waals surface area contributed by atoms with Gasteiger partial charge in [-0.1, -0.05) is 26.8 Å². The Balaban J connectivity index is 1.34. The van der Waals surface area contributed by atoms with Crippen molar-refractivity contribution in [2.45, 2.75) is 102 Å². The van der Waals surface area contributed by atoms with Gasteiger partial charge in [0.25, 0.3) is 0 Å². The van der Waals surface area contributed by atoms with Crippen LogP contribution in [0.15, 0.2) is 18.2 Å². The summed E-state index contributed by atoms with van der Waals surface area (Å²) in [7, 11) is 0. The normalized spacial score (nSPS) is 49.0. The molecule has 2 unspecified atom stereocenters. The van der Waals surface area contributed by atoms with Crippen LogP contribution >= 0.6 is 0 Å². The Bertz CT molecular complexity index is 1040. The molecule has 5 fully saturated rings. The number of phenols is 1. The van der Waals surface area contributed by atoms with Crippen molar-refractivity contribution in [3.63, 3.8) is 0 Å². The van der Waals surface area contributed by atoms with E-state index in [1.807, 2.05) is 12.1 Å². The molecule has 6 aliphatic rings. The van der Waals surface area contributed by atoms with Crippen LogP contribution in [0.3, 0.4) is 0 Å². The topological polar surface area (TPSA) is 79.2 Å². The monoisotopic (exact) mass is 482 g/mol. The van der Waals surface area contributed by atoms with E-state index in [0.29, 0.717) is 49.1 Å². The maximum atomic E-state index is 12.7. The van der Waals surface area contributed by atoms with E-state index in [9.17, 15) is 15.3 Å². The Hall–Kier alpha value is -1.14. The molecular weight excluding hydrogens is 440 g/mol. The second-order valence-electron chi connectivity index (χ2n) is 14.3. The maximum Gasteiger partial charge on any atom is 0.171 e. The average molecular weight is 483 g/mol. The lowest BCUT2D eigenvalue weighted by molar-refractivity contribution is -0.357. The molecule has 0 radical (unpaired) electrons. The number of aliphatic hydroxyl groups excluding tert-OH is 1. The van der Waals surface area contributed by atoms with Crippen molar-refractivity contribution in [1.29, 1.82) is 0 Å². The van der Waals surface area contributed by atoms with Gasteiger partial charge in [-0.25, -0.2) is 0 Å². The highest BCUT2D eigenvalue weighted by molar-refractivity contribution is 5.44. The zero-order chi connectivity index (χ0) is 24.4. The number of benzene rings is 1. The minimum atomic E-state index is -0.847. The number of hydrogen-bond donors (Lipinski definition) is 3. The van der Waals surface area contributed by atoms with Crippen LogP contribution in [0, 0.1) is 34.0 Å². The quantitative estimate of drug-likeness (QED) is 0.490. The third-order valence-corrected chi connectivity index (χ3v) is 11.9. The third kappa shape index (κ3) is 2.96. The van der Waals surface area contributed by atoms with Crippen molar-refractivity contribution in [3.05, 3.63) is 29.3 Å². The van der Waals surface area contributed by atoms with Gasteiger partial charge in [0.15, 0.2) is 5.79 Å². The highest BCUT2D eigenvalue weighted by Gasteiger charge is 2.72. The number of aliphatic hydroxyl groups is 2. The van der Waals surface area contributed by atoms with E-state index in [1.165, 1.54) is 11.1 Å². The molecule has 1 aromatic carbocycles. The number of phenolic OH excluding ortho intramolecular Hbond substituents is 1. The SMILES string of the molecule is CC1(C)COC2(CC[C@@]34Cc5cc(O)ccc5C5C[C@]6(C)[C@@H](O)CC[C@H]6[C@H](CC[C@@]3(O)C2)C54)OC1. The lowest BCUT2D eigenvalue weighted by atomic mass is 9.37. The molecule has 4 saturated carbocycles. The number of hydrogen-bond acceptors (Lipinski definition) is 5. The van der Waals surface area contributed by atoms with E-state index in [2.05, 4.69) is 26.8 Å². The van der Waals surface area contributed by atoms with Gasteiger partial charge in [0, 0.05) is 23.7 Å². The number of fused-ring (bicyclic) bond motifs is 4. The van der Waals surface area contributed by atoms with Gasteiger partial charge in [-0.2, -0.15) is 0 Å². The fourth-order valence-corrected chi connectivity index (χ4v) is 10.2. The molecule has 0 aromatic heterocycles. The summed E-state index contributed by atoms with van der Waals surface area (Å²) in [6.45, 7) is 8.01. The first kappa shape index (κ1) is 23.0. The van der Waals surface area contributed by atoms with Gasteiger partial charge in [-0.3, -0.25) is 0 Å². The molecule has 1 aromatic rings. The lowest BCUT2D eigenvalue weighted by Gasteiger charge is -2.70. The second kappa shape index (κ2) is 7.03. The highest BCUT2D eigenvalue weighted by Crippen LogP contribution is 2.74. The fourth-order valence-electron chi connectivity index (χ4n) is 10.2. The first-order chi connectivity index (χ1) is 16.5. The summed E-state index contributed by atoms with van der Waals surface area (Å²) in [6, 6.07) is 5.92.